The van der Waals surface area contributed by atoms with Gasteiger partial charge in [0.2, 0.25) is 0 Å². The number of carbonyl (C=O) groups excluding carboxylic acids is 2. The molecule has 0 spiro atoms. The summed E-state index contributed by atoms with van der Waals surface area (Å²) in [4.78, 5) is 23.4. The minimum atomic E-state index is -0.895. The highest BCUT2D eigenvalue weighted by molar-refractivity contribution is 6.00. The first-order valence-corrected chi connectivity index (χ1v) is 6.25. The molecule has 6 heteroatoms. The van der Waals surface area contributed by atoms with E-state index in [1.807, 2.05) is 24.4 Å². The molecule has 0 unspecified atom stereocenters. The zero-order valence-corrected chi connectivity index (χ0v) is 11.4. The van der Waals surface area contributed by atoms with Gasteiger partial charge in [-0.1, -0.05) is 35.9 Å². The second kappa shape index (κ2) is 6.53. The zero-order valence-electron chi connectivity index (χ0n) is 11.4. The lowest BCUT2D eigenvalue weighted by Crippen LogP contribution is -2.47. The van der Waals surface area contributed by atoms with E-state index in [1.165, 1.54) is 0 Å². The number of aryl methyl sites for hydroxylation is 1. The summed E-state index contributed by atoms with van der Waals surface area (Å²) in [5.74, 6) is 5.98. The van der Waals surface area contributed by atoms with Gasteiger partial charge in [-0.25, -0.2) is 25.8 Å². The minimum Gasteiger partial charge on any atom is -0.410 e. The Balaban J connectivity index is 1.94. The van der Waals surface area contributed by atoms with Crippen LogP contribution in [-0.2, 0) is 0 Å². The Morgan fingerprint density at radius 3 is 2.29 bits per heavy atom. The van der Waals surface area contributed by atoms with Gasteiger partial charge in [0.05, 0.1) is 5.69 Å². The third-order valence-electron chi connectivity index (χ3n) is 2.69. The number of nitrogens with two attached hydrogens (primary N) is 1. The molecule has 0 aromatic heterocycles. The fraction of sp³-hybridized carbons (Fsp3) is 0.0667. The number of imide groups is 1. The maximum absolute atomic E-state index is 11.8. The first-order chi connectivity index (χ1) is 10.1. The van der Waals surface area contributed by atoms with Gasteiger partial charge in [0, 0.05) is 0 Å². The van der Waals surface area contributed by atoms with Crippen molar-refractivity contribution < 1.29 is 14.3 Å². The summed E-state index contributed by atoms with van der Waals surface area (Å²) in [7, 11) is 0. The Bertz CT molecular complexity index is 626. The van der Waals surface area contributed by atoms with Gasteiger partial charge < -0.3 is 4.74 Å². The SMILES string of the molecule is Cc1ccc(N(N)C(=O)NC(=O)Oc2ccccc2)cc1. The lowest BCUT2D eigenvalue weighted by Gasteiger charge is -2.16. The molecular formula is C15H15N3O3. The third kappa shape index (κ3) is 4.05. The van der Waals surface area contributed by atoms with E-state index in [9.17, 15) is 9.59 Å². The molecule has 0 bridgehead atoms. The summed E-state index contributed by atoms with van der Waals surface area (Å²) in [6.07, 6.45) is -0.895. The fourth-order valence-electron chi connectivity index (χ4n) is 1.59. The van der Waals surface area contributed by atoms with Crippen LogP contribution in [0.4, 0.5) is 15.3 Å². The number of hydrazine groups is 1. The second-order valence-corrected chi connectivity index (χ2v) is 4.34. The molecule has 6 nitrogen and oxygen atoms in total. The third-order valence-corrected chi connectivity index (χ3v) is 2.69. The van der Waals surface area contributed by atoms with Crippen molar-refractivity contribution in [3.63, 3.8) is 0 Å². The number of para-hydroxylation sites is 1. The van der Waals surface area contributed by atoms with E-state index < -0.39 is 12.1 Å². The van der Waals surface area contributed by atoms with Crippen molar-refractivity contribution in [3.05, 3.63) is 60.2 Å². The van der Waals surface area contributed by atoms with Crippen molar-refractivity contribution in [3.8, 4) is 5.75 Å². The number of hydrogen-bond acceptors (Lipinski definition) is 4. The fourth-order valence-corrected chi connectivity index (χ4v) is 1.59. The van der Waals surface area contributed by atoms with Crippen molar-refractivity contribution in [1.29, 1.82) is 0 Å². The molecule has 0 radical (unpaired) electrons. The number of nitrogens with zero attached hydrogens (tertiary/aromatic N) is 1. The number of hydrogen-bond donors (Lipinski definition) is 2. The van der Waals surface area contributed by atoms with Crippen LogP contribution in [0.1, 0.15) is 5.56 Å². The van der Waals surface area contributed by atoms with Crippen molar-refractivity contribution in [2.24, 2.45) is 5.84 Å². The minimum absolute atomic E-state index is 0.335. The summed E-state index contributed by atoms with van der Waals surface area (Å²) in [5, 5.41) is 2.88. The molecule has 0 aliphatic heterocycles. The number of carbonyl (C=O) groups is 2. The number of anilines is 1. The second-order valence-electron chi connectivity index (χ2n) is 4.34. The van der Waals surface area contributed by atoms with Gasteiger partial charge >= 0.3 is 12.1 Å². The highest BCUT2D eigenvalue weighted by atomic mass is 16.6. The number of urea groups is 1. The molecule has 2 aromatic rings. The molecule has 0 saturated heterocycles. The van der Waals surface area contributed by atoms with E-state index in [0.29, 0.717) is 11.4 Å². The predicted molar refractivity (Wildman–Crippen MR) is 78.8 cm³/mol. The topological polar surface area (TPSA) is 84.7 Å². The Kier molecular flexibility index (Phi) is 4.53. The molecule has 3 amide bonds. The van der Waals surface area contributed by atoms with Crippen LogP contribution in [0.15, 0.2) is 54.6 Å². The van der Waals surface area contributed by atoms with Gasteiger partial charge in [0.15, 0.2) is 0 Å². The number of nitrogens with one attached hydrogen (secondary N) is 1. The van der Waals surface area contributed by atoms with Gasteiger partial charge in [-0.05, 0) is 31.2 Å². The van der Waals surface area contributed by atoms with E-state index in [0.717, 1.165) is 10.6 Å². The Morgan fingerprint density at radius 2 is 1.67 bits per heavy atom. The number of amides is 3. The molecule has 2 aromatic carbocycles. The lowest BCUT2D eigenvalue weighted by molar-refractivity contribution is 0.198. The average Bonchev–Trinajstić information content (AvgIpc) is 2.48. The van der Waals surface area contributed by atoms with E-state index >= 15 is 0 Å². The molecule has 0 aliphatic rings. The average molecular weight is 285 g/mol. The molecule has 0 saturated carbocycles. The molecular weight excluding hydrogens is 270 g/mol. The van der Waals surface area contributed by atoms with Crippen LogP contribution in [0.3, 0.4) is 0 Å². The summed E-state index contributed by atoms with van der Waals surface area (Å²) in [6, 6.07) is 14.6. The molecule has 0 atom stereocenters. The maximum Gasteiger partial charge on any atom is 0.420 e. The normalized spacial score (nSPS) is 9.81. The van der Waals surface area contributed by atoms with Crippen molar-refractivity contribution in [2.75, 3.05) is 5.01 Å². The molecule has 0 aliphatic carbocycles. The summed E-state index contributed by atoms with van der Waals surface area (Å²) in [6.45, 7) is 1.92. The van der Waals surface area contributed by atoms with E-state index in [4.69, 9.17) is 10.6 Å². The maximum atomic E-state index is 11.8. The molecule has 2 rings (SSSR count). The van der Waals surface area contributed by atoms with Crippen LogP contribution >= 0.6 is 0 Å². The number of ether oxygens (including phenoxy) is 1. The highest BCUT2D eigenvalue weighted by Gasteiger charge is 2.16. The number of benzene rings is 2. The summed E-state index contributed by atoms with van der Waals surface area (Å²) < 4.78 is 4.94. The molecule has 108 valence electrons. The summed E-state index contributed by atoms with van der Waals surface area (Å²) in [5.41, 5.74) is 1.50. The van der Waals surface area contributed by atoms with Crippen molar-refractivity contribution in [2.45, 2.75) is 6.92 Å². The molecule has 21 heavy (non-hydrogen) atoms. The number of rotatable bonds is 2. The highest BCUT2D eigenvalue weighted by Crippen LogP contribution is 2.12. The monoisotopic (exact) mass is 285 g/mol. The summed E-state index contributed by atoms with van der Waals surface area (Å²) >= 11 is 0. The predicted octanol–water partition coefficient (Wildman–Crippen LogP) is 2.58. The van der Waals surface area contributed by atoms with Gasteiger partial charge in [0.1, 0.15) is 5.75 Å². The Morgan fingerprint density at radius 1 is 1.05 bits per heavy atom. The Labute approximate surface area is 122 Å². The smallest absolute Gasteiger partial charge is 0.410 e. The molecule has 0 fully saturated rings. The van der Waals surface area contributed by atoms with Gasteiger partial charge in [0.25, 0.3) is 0 Å². The van der Waals surface area contributed by atoms with Crippen LogP contribution in [-0.4, -0.2) is 12.1 Å². The molecule has 3 N–H and O–H groups in total. The first-order valence-electron chi connectivity index (χ1n) is 6.25. The molecule has 0 heterocycles. The first kappa shape index (κ1) is 14.5. The van der Waals surface area contributed by atoms with Crippen LogP contribution in [0.5, 0.6) is 5.75 Å². The van der Waals surface area contributed by atoms with Crippen molar-refractivity contribution >= 4 is 17.8 Å². The van der Waals surface area contributed by atoms with Crippen LogP contribution < -0.4 is 20.9 Å². The van der Waals surface area contributed by atoms with E-state index in [1.54, 1.807) is 42.5 Å². The van der Waals surface area contributed by atoms with Crippen LogP contribution in [0, 0.1) is 6.92 Å². The van der Waals surface area contributed by atoms with E-state index in [-0.39, 0.29) is 0 Å². The van der Waals surface area contributed by atoms with Gasteiger partial charge in [-0.15, -0.1) is 0 Å². The van der Waals surface area contributed by atoms with Crippen LogP contribution in [0.25, 0.3) is 0 Å². The Hall–Kier alpha value is -2.86. The zero-order chi connectivity index (χ0) is 15.2. The van der Waals surface area contributed by atoms with Gasteiger partial charge in [-0.3, -0.25) is 0 Å². The lowest BCUT2D eigenvalue weighted by atomic mass is 10.2. The standard InChI is InChI=1S/C15H15N3O3/c1-11-7-9-12(10-8-11)18(16)14(19)17-15(20)21-13-5-3-2-4-6-13/h2-10H,16H2,1H3,(H,17,19,20). The van der Waals surface area contributed by atoms with Gasteiger partial charge in [-0.2, -0.15) is 0 Å². The largest absolute Gasteiger partial charge is 0.420 e. The van der Waals surface area contributed by atoms with E-state index in [2.05, 4.69) is 0 Å². The quantitative estimate of drug-likeness (QED) is 0.504. The van der Waals surface area contributed by atoms with Crippen LogP contribution in [0.2, 0.25) is 0 Å². The van der Waals surface area contributed by atoms with Crippen molar-refractivity contribution in [1.82, 2.24) is 5.32 Å².